The summed E-state index contributed by atoms with van der Waals surface area (Å²) < 4.78 is 9.46. The van der Waals surface area contributed by atoms with Crippen molar-refractivity contribution in [1.82, 2.24) is 0 Å². The van der Waals surface area contributed by atoms with Crippen molar-refractivity contribution in [2.45, 2.75) is 19.8 Å². The van der Waals surface area contributed by atoms with Gasteiger partial charge in [-0.25, -0.2) is 0 Å². The quantitative estimate of drug-likeness (QED) is 0.358. The minimum absolute atomic E-state index is 0.509. The average molecular weight is 293 g/mol. The molecule has 6 nitrogen and oxygen atoms in total. The fourth-order valence-electron chi connectivity index (χ4n) is 2.13. The highest BCUT2D eigenvalue weighted by atomic mass is 16.6. The first-order valence-electron chi connectivity index (χ1n) is 6.31. The molecule has 0 bridgehead atoms. The predicted octanol–water partition coefficient (Wildman–Crippen LogP) is 1.80. The van der Waals surface area contributed by atoms with E-state index in [1.807, 2.05) is 6.07 Å². The number of carbonyl (C=O) groups excluding carboxylic acids is 2. The molecule has 0 unspecified atom stereocenters. The summed E-state index contributed by atoms with van der Waals surface area (Å²) in [5.41, 5.74) is 2.46. The third-order valence-electron chi connectivity index (χ3n) is 3.10. The minimum Gasteiger partial charge on any atom is -0.468 e. The van der Waals surface area contributed by atoms with Gasteiger partial charge in [0.05, 0.1) is 19.9 Å². The topological polar surface area (TPSA) is 74.2 Å². The maximum atomic E-state index is 12.0. The van der Waals surface area contributed by atoms with E-state index in [0.29, 0.717) is 16.8 Å². The largest absolute Gasteiger partial charge is 0.468 e. The predicted molar refractivity (Wildman–Crippen MR) is 77.2 cm³/mol. The number of rotatable bonds is 5. The highest BCUT2D eigenvalue weighted by Crippen LogP contribution is 2.27. The Balaban J connectivity index is 3.53. The van der Waals surface area contributed by atoms with Crippen LogP contribution in [0.5, 0.6) is 0 Å². The molecule has 0 spiro atoms. The van der Waals surface area contributed by atoms with E-state index in [1.165, 1.54) is 21.3 Å². The molecule has 0 heterocycles. The molecule has 114 valence electrons. The van der Waals surface area contributed by atoms with Gasteiger partial charge in [-0.05, 0) is 25.0 Å². The lowest BCUT2D eigenvalue weighted by Gasteiger charge is -2.18. The van der Waals surface area contributed by atoms with Gasteiger partial charge in [-0.2, -0.15) is 0 Å². The van der Waals surface area contributed by atoms with E-state index >= 15 is 0 Å². The molecule has 0 saturated carbocycles. The van der Waals surface area contributed by atoms with Gasteiger partial charge in [0.1, 0.15) is 7.11 Å². The monoisotopic (exact) mass is 293 g/mol. The van der Waals surface area contributed by atoms with Crippen molar-refractivity contribution in [2.24, 2.45) is 5.16 Å². The van der Waals surface area contributed by atoms with Crippen molar-refractivity contribution in [2.75, 3.05) is 21.3 Å². The number of hydrogen-bond acceptors (Lipinski definition) is 6. The zero-order valence-electron chi connectivity index (χ0n) is 12.8. The Kier molecular flexibility index (Phi) is 5.90. The lowest BCUT2D eigenvalue weighted by atomic mass is 9.88. The first-order valence-corrected chi connectivity index (χ1v) is 6.31. The molecular weight excluding hydrogens is 274 g/mol. The van der Waals surface area contributed by atoms with Crippen molar-refractivity contribution in [3.05, 3.63) is 34.9 Å². The summed E-state index contributed by atoms with van der Waals surface area (Å²) in [6.45, 7) is 3.53. The SMILES string of the molecule is CO/N=C(\C)c1cccc(C)c1C(C(=O)OC)C(=O)OC. The Morgan fingerprint density at radius 1 is 1.10 bits per heavy atom. The molecular formula is C15H19NO5. The number of esters is 2. The first kappa shape index (κ1) is 16.7. The van der Waals surface area contributed by atoms with Crippen LogP contribution in [0.4, 0.5) is 0 Å². The van der Waals surface area contributed by atoms with E-state index < -0.39 is 17.9 Å². The van der Waals surface area contributed by atoms with Crippen molar-refractivity contribution in [3.8, 4) is 0 Å². The molecule has 1 aromatic carbocycles. The maximum absolute atomic E-state index is 12.0. The summed E-state index contributed by atoms with van der Waals surface area (Å²) in [7, 11) is 3.88. The summed E-state index contributed by atoms with van der Waals surface area (Å²) in [6, 6.07) is 5.38. The fraction of sp³-hybridized carbons (Fsp3) is 0.400. The second-order valence-electron chi connectivity index (χ2n) is 4.37. The molecule has 0 aliphatic rings. The Hall–Kier alpha value is -2.37. The summed E-state index contributed by atoms with van der Waals surface area (Å²) >= 11 is 0. The Morgan fingerprint density at radius 2 is 1.67 bits per heavy atom. The molecule has 0 aliphatic carbocycles. The van der Waals surface area contributed by atoms with Gasteiger partial charge >= 0.3 is 11.9 Å². The molecule has 6 heteroatoms. The number of nitrogens with zero attached hydrogens (tertiary/aromatic N) is 1. The molecule has 0 radical (unpaired) electrons. The van der Waals surface area contributed by atoms with Crippen LogP contribution in [0.1, 0.15) is 29.5 Å². The van der Waals surface area contributed by atoms with Gasteiger partial charge in [0, 0.05) is 5.56 Å². The highest BCUT2D eigenvalue weighted by Gasteiger charge is 2.34. The fourth-order valence-corrected chi connectivity index (χ4v) is 2.13. The molecule has 0 amide bonds. The van der Waals surface area contributed by atoms with Crippen LogP contribution in [0.2, 0.25) is 0 Å². The molecule has 21 heavy (non-hydrogen) atoms. The van der Waals surface area contributed by atoms with Crippen molar-refractivity contribution in [1.29, 1.82) is 0 Å². The zero-order valence-corrected chi connectivity index (χ0v) is 12.8. The second-order valence-corrected chi connectivity index (χ2v) is 4.37. The Morgan fingerprint density at radius 3 is 2.14 bits per heavy atom. The van der Waals surface area contributed by atoms with Crippen LogP contribution >= 0.6 is 0 Å². The van der Waals surface area contributed by atoms with E-state index in [-0.39, 0.29) is 0 Å². The Labute approximate surface area is 123 Å². The van der Waals surface area contributed by atoms with Gasteiger partial charge < -0.3 is 14.3 Å². The zero-order chi connectivity index (χ0) is 16.0. The summed E-state index contributed by atoms with van der Waals surface area (Å²) in [6.07, 6.45) is 0. The lowest BCUT2D eigenvalue weighted by molar-refractivity contribution is -0.154. The van der Waals surface area contributed by atoms with Gasteiger partial charge in [0.15, 0.2) is 5.92 Å². The molecule has 1 rings (SSSR count). The van der Waals surface area contributed by atoms with E-state index in [9.17, 15) is 9.59 Å². The smallest absolute Gasteiger partial charge is 0.324 e. The standard InChI is InChI=1S/C15H19NO5/c1-9-7-6-8-11(10(2)16-21-5)12(9)13(14(17)19-3)15(18)20-4/h6-8,13H,1-5H3/b16-10+. The number of carbonyl (C=O) groups is 2. The molecule has 0 atom stereocenters. The van der Waals surface area contributed by atoms with Crippen LogP contribution < -0.4 is 0 Å². The van der Waals surface area contributed by atoms with E-state index in [0.717, 1.165) is 5.56 Å². The Bertz CT molecular complexity index is 549. The van der Waals surface area contributed by atoms with E-state index in [1.54, 1.807) is 26.0 Å². The molecule has 1 aromatic rings. The van der Waals surface area contributed by atoms with Crippen LogP contribution in [0, 0.1) is 6.92 Å². The first-order chi connectivity index (χ1) is 9.97. The molecule has 0 N–H and O–H groups in total. The number of aryl methyl sites for hydroxylation is 1. The summed E-state index contributed by atoms with van der Waals surface area (Å²) in [5.74, 6) is -2.51. The number of benzene rings is 1. The number of hydrogen-bond donors (Lipinski definition) is 0. The van der Waals surface area contributed by atoms with Crippen LogP contribution in [-0.4, -0.2) is 39.0 Å². The molecule has 0 fully saturated rings. The normalized spacial score (nSPS) is 11.2. The minimum atomic E-state index is -1.15. The molecule has 0 saturated heterocycles. The van der Waals surface area contributed by atoms with Crippen LogP contribution in [0.25, 0.3) is 0 Å². The van der Waals surface area contributed by atoms with Crippen LogP contribution in [0.15, 0.2) is 23.4 Å². The molecule has 0 aliphatic heterocycles. The van der Waals surface area contributed by atoms with Gasteiger partial charge in [0.2, 0.25) is 0 Å². The third-order valence-corrected chi connectivity index (χ3v) is 3.10. The van der Waals surface area contributed by atoms with Crippen molar-refractivity contribution >= 4 is 17.7 Å². The third kappa shape index (κ3) is 3.59. The van der Waals surface area contributed by atoms with Crippen molar-refractivity contribution < 1.29 is 23.9 Å². The van der Waals surface area contributed by atoms with Crippen LogP contribution in [0.3, 0.4) is 0 Å². The van der Waals surface area contributed by atoms with E-state index in [2.05, 4.69) is 5.16 Å². The maximum Gasteiger partial charge on any atom is 0.324 e. The number of ether oxygens (including phenoxy) is 2. The van der Waals surface area contributed by atoms with Gasteiger partial charge in [-0.3, -0.25) is 9.59 Å². The summed E-state index contributed by atoms with van der Waals surface area (Å²) in [5, 5.41) is 3.86. The number of methoxy groups -OCH3 is 2. The van der Waals surface area contributed by atoms with Crippen molar-refractivity contribution in [3.63, 3.8) is 0 Å². The lowest BCUT2D eigenvalue weighted by Crippen LogP contribution is -2.27. The summed E-state index contributed by atoms with van der Waals surface area (Å²) in [4.78, 5) is 28.8. The van der Waals surface area contributed by atoms with Gasteiger partial charge in [-0.15, -0.1) is 0 Å². The average Bonchev–Trinajstić information content (AvgIpc) is 2.48. The highest BCUT2D eigenvalue weighted by molar-refractivity contribution is 6.07. The van der Waals surface area contributed by atoms with Crippen LogP contribution in [-0.2, 0) is 23.9 Å². The van der Waals surface area contributed by atoms with E-state index in [4.69, 9.17) is 14.3 Å². The van der Waals surface area contributed by atoms with Gasteiger partial charge in [-0.1, -0.05) is 23.4 Å². The van der Waals surface area contributed by atoms with Gasteiger partial charge in [0.25, 0.3) is 0 Å². The molecule has 0 aromatic heterocycles. The second kappa shape index (κ2) is 7.42. The number of oxime groups is 1.